The van der Waals surface area contributed by atoms with Crippen molar-refractivity contribution in [1.29, 1.82) is 0 Å². The summed E-state index contributed by atoms with van der Waals surface area (Å²) in [7, 11) is 0. The van der Waals surface area contributed by atoms with E-state index < -0.39 is 0 Å². The van der Waals surface area contributed by atoms with Crippen LogP contribution < -0.4 is 10.6 Å². The first-order valence-electron chi connectivity index (χ1n) is 10.8. The molecule has 4 bridgehead atoms. The van der Waals surface area contributed by atoms with E-state index in [-0.39, 0.29) is 11.6 Å². The topological polar surface area (TPSA) is 50.4 Å². The van der Waals surface area contributed by atoms with Crippen LogP contribution in [-0.4, -0.2) is 30.3 Å². The molecule has 0 spiro atoms. The maximum Gasteiger partial charge on any atom is 0.315 e. The van der Waals surface area contributed by atoms with E-state index in [0.29, 0.717) is 12.1 Å². The van der Waals surface area contributed by atoms with Crippen molar-refractivity contribution in [2.45, 2.75) is 95.7 Å². The highest BCUT2D eigenvalue weighted by atomic mass is 16.5. The molecule has 0 aromatic heterocycles. The van der Waals surface area contributed by atoms with Crippen LogP contribution in [-0.2, 0) is 4.74 Å². The zero-order chi connectivity index (χ0) is 18.1. The Kier molecular flexibility index (Phi) is 5.31. The number of ether oxygens (including phenoxy) is 1. The van der Waals surface area contributed by atoms with Gasteiger partial charge in [-0.1, -0.05) is 11.6 Å². The predicted molar refractivity (Wildman–Crippen MR) is 104 cm³/mol. The van der Waals surface area contributed by atoms with Gasteiger partial charge < -0.3 is 15.4 Å². The Morgan fingerprint density at radius 2 is 1.58 bits per heavy atom. The van der Waals surface area contributed by atoms with Crippen LogP contribution in [0.1, 0.15) is 78.1 Å². The van der Waals surface area contributed by atoms with Gasteiger partial charge in [0.15, 0.2) is 0 Å². The summed E-state index contributed by atoms with van der Waals surface area (Å²) >= 11 is 0. The lowest BCUT2D eigenvalue weighted by Crippen LogP contribution is -2.62. The Hall–Kier alpha value is -1.03. The van der Waals surface area contributed by atoms with Crippen LogP contribution in [0, 0.1) is 17.8 Å². The van der Waals surface area contributed by atoms with Gasteiger partial charge in [0, 0.05) is 11.6 Å². The zero-order valence-corrected chi connectivity index (χ0v) is 16.6. The van der Waals surface area contributed by atoms with Crippen molar-refractivity contribution in [1.82, 2.24) is 10.6 Å². The SMILES string of the molecule is CC(C)=CCOC1CCC(NC(=O)NC23CC4CC(CC(C4)C2)C3)CC1. The Morgan fingerprint density at radius 3 is 2.12 bits per heavy atom. The summed E-state index contributed by atoms with van der Waals surface area (Å²) in [6, 6.07) is 0.396. The van der Waals surface area contributed by atoms with Crippen LogP contribution in [0.25, 0.3) is 0 Å². The standard InChI is InChI=1S/C22H36N2O2/c1-15(2)7-8-26-20-5-3-19(4-6-20)23-21(25)24-22-12-16-9-17(13-22)11-18(10-16)14-22/h7,16-20H,3-6,8-14H2,1-2H3,(H2,23,24,25). The van der Waals surface area contributed by atoms with Crippen molar-refractivity contribution in [3.05, 3.63) is 11.6 Å². The molecule has 0 heterocycles. The van der Waals surface area contributed by atoms with Crippen molar-refractivity contribution in [3.8, 4) is 0 Å². The number of hydrogen-bond acceptors (Lipinski definition) is 2. The van der Waals surface area contributed by atoms with E-state index in [9.17, 15) is 4.79 Å². The molecule has 2 amide bonds. The highest BCUT2D eigenvalue weighted by Crippen LogP contribution is 2.55. The molecule has 5 rings (SSSR count). The van der Waals surface area contributed by atoms with Gasteiger partial charge in [-0.25, -0.2) is 4.79 Å². The van der Waals surface area contributed by atoms with Crippen molar-refractivity contribution in [3.63, 3.8) is 0 Å². The molecule has 5 saturated carbocycles. The molecule has 0 aliphatic heterocycles. The third-order valence-corrected chi connectivity index (χ3v) is 7.25. The molecule has 5 aliphatic rings. The molecule has 5 fully saturated rings. The van der Waals surface area contributed by atoms with Gasteiger partial charge in [0.2, 0.25) is 0 Å². The fourth-order valence-corrected chi connectivity index (χ4v) is 6.45. The monoisotopic (exact) mass is 360 g/mol. The van der Waals surface area contributed by atoms with E-state index >= 15 is 0 Å². The van der Waals surface area contributed by atoms with Crippen molar-refractivity contribution < 1.29 is 9.53 Å². The minimum absolute atomic E-state index is 0.0841. The lowest BCUT2D eigenvalue weighted by atomic mass is 9.53. The quantitative estimate of drug-likeness (QED) is 0.707. The first-order valence-corrected chi connectivity index (χ1v) is 10.8. The minimum atomic E-state index is 0.0841. The molecule has 146 valence electrons. The summed E-state index contributed by atoms with van der Waals surface area (Å²) in [6.45, 7) is 4.93. The second-order valence-corrected chi connectivity index (χ2v) is 9.88. The Morgan fingerprint density at radius 1 is 1.00 bits per heavy atom. The molecule has 0 atom stereocenters. The van der Waals surface area contributed by atoms with E-state index in [1.165, 1.54) is 44.1 Å². The fourth-order valence-electron chi connectivity index (χ4n) is 6.45. The van der Waals surface area contributed by atoms with Crippen LogP contribution in [0.2, 0.25) is 0 Å². The van der Waals surface area contributed by atoms with Gasteiger partial charge in [-0.2, -0.15) is 0 Å². The van der Waals surface area contributed by atoms with Crippen LogP contribution in [0.15, 0.2) is 11.6 Å². The maximum atomic E-state index is 12.7. The van der Waals surface area contributed by atoms with E-state index in [4.69, 9.17) is 4.74 Å². The number of hydrogen-bond donors (Lipinski definition) is 2. The van der Waals surface area contributed by atoms with E-state index in [1.54, 1.807) is 0 Å². The van der Waals surface area contributed by atoms with Crippen molar-refractivity contribution in [2.24, 2.45) is 17.8 Å². The van der Waals surface area contributed by atoms with Gasteiger partial charge in [-0.3, -0.25) is 0 Å². The second kappa shape index (κ2) is 7.53. The average molecular weight is 361 g/mol. The first-order chi connectivity index (χ1) is 12.5. The highest BCUT2D eigenvalue weighted by Gasteiger charge is 2.51. The Balaban J connectivity index is 1.21. The highest BCUT2D eigenvalue weighted by molar-refractivity contribution is 5.75. The summed E-state index contributed by atoms with van der Waals surface area (Å²) in [4.78, 5) is 12.7. The zero-order valence-electron chi connectivity index (χ0n) is 16.6. The summed E-state index contributed by atoms with van der Waals surface area (Å²) < 4.78 is 5.93. The second-order valence-electron chi connectivity index (χ2n) is 9.88. The van der Waals surface area contributed by atoms with Gasteiger partial charge in [-0.15, -0.1) is 0 Å². The molecule has 0 saturated heterocycles. The third-order valence-electron chi connectivity index (χ3n) is 7.25. The molecule has 4 heteroatoms. The van der Waals surface area contributed by atoms with Gasteiger partial charge in [0.25, 0.3) is 0 Å². The summed E-state index contributed by atoms with van der Waals surface area (Å²) in [5, 5.41) is 6.71. The van der Waals surface area contributed by atoms with Gasteiger partial charge in [0.05, 0.1) is 12.7 Å². The van der Waals surface area contributed by atoms with E-state index in [2.05, 4.69) is 30.6 Å². The van der Waals surface area contributed by atoms with E-state index in [0.717, 1.165) is 50.0 Å². The number of allylic oxidation sites excluding steroid dienone is 1. The molecule has 2 N–H and O–H groups in total. The third kappa shape index (κ3) is 4.27. The molecule has 4 nitrogen and oxygen atoms in total. The predicted octanol–water partition coefficient (Wildman–Crippen LogP) is 4.55. The van der Waals surface area contributed by atoms with Crippen LogP contribution in [0.4, 0.5) is 4.79 Å². The molecule has 0 aromatic carbocycles. The number of urea groups is 1. The summed E-state index contributed by atoms with van der Waals surface area (Å²) in [5.74, 6) is 2.61. The molecule has 0 unspecified atom stereocenters. The van der Waals surface area contributed by atoms with Gasteiger partial charge >= 0.3 is 6.03 Å². The molecular formula is C22H36N2O2. The number of carbonyl (C=O) groups is 1. The number of rotatable bonds is 5. The Bertz CT molecular complexity index is 509. The average Bonchev–Trinajstić information content (AvgIpc) is 2.54. The van der Waals surface area contributed by atoms with Crippen LogP contribution in [0.3, 0.4) is 0 Å². The minimum Gasteiger partial charge on any atom is -0.374 e. The smallest absolute Gasteiger partial charge is 0.315 e. The molecule has 0 radical (unpaired) electrons. The summed E-state index contributed by atoms with van der Waals surface area (Å²) in [5.41, 5.74) is 1.42. The maximum absolute atomic E-state index is 12.7. The molecule has 5 aliphatic carbocycles. The summed E-state index contributed by atoms with van der Waals surface area (Å²) in [6.07, 6.45) is 14.6. The number of amides is 2. The van der Waals surface area contributed by atoms with Crippen LogP contribution in [0.5, 0.6) is 0 Å². The normalized spacial score (nSPS) is 40.9. The molecule has 26 heavy (non-hydrogen) atoms. The first kappa shape index (κ1) is 18.3. The molecule has 0 aromatic rings. The lowest BCUT2D eigenvalue weighted by Gasteiger charge is -2.56. The van der Waals surface area contributed by atoms with Crippen molar-refractivity contribution in [2.75, 3.05) is 6.61 Å². The largest absolute Gasteiger partial charge is 0.374 e. The van der Waals surface area contributed by atoms with E-state index in [1.807, 2.05) is 0 Å². The lowest BCUT2D eigenvalue weighted by molar-refractivity contribution is -0.0139. The fraction of sp³-hybridized carbons (Fsp3) is 0.864. The number of nitrogens with one attached hydrogen (secondary N) is 2. The van der Waals surface area contributed by atoms with Crippen LogP contribution >= 0.6 is 0 Å². The Labute approximate surface area is 158 Å². The van der Waals surface area contributed by atoms with Gasteiger partial charge in [0.1, 0.15) is 0 Å². The number of carbonyl (C=O) groups excluding carboxylic acids is 1. The molecular weight excluding hydrogens is 324 g/mol. The van der Waals surface area contributed by atoms with Crippen molar-refractivity contribution >= 4 is 6.03 Å². The van der Waals surface area contributed by atoms with Gasteiger partial charge in [-0.05, 0) is 95.8 Å².